The van der Waals surface area contributed by atoms with Gasteiger partial charge in [0.1, 0.15) is 5.58 Å². The molecule has 0 aliphatic heterocycles. The van der Waals surface area contributed by atoms with Gasteiger partial charge in [-0.05, 0) is 61.4 Å². The van der Waals surface area contributed by atoms with Gasteiger partial charge in [-0.25, -0.2) is 9.78 Å². The Hall–Kier alpha value is -4.03. The third-order valence-corrected chi connectivity index (χ3v) is 6.88. The van der Waals surface area contributed by atoms with Crippen LogP contribution in [0.3, 0.4) is 0 Å². The van der Waals surface area contributed by atoms with Gasteiger partial charge in [-0.15, -0.1) is 0 Å². The molecule has 6 heteroatoms. The fourth-order valence-corrected chi connectivity index (χ4v) is 5.08. The van der Waals surface area contributed by atoms with Crippen LogP contribution in [0.5, 0.6) is 0 Å². The van der Waals surface area contributed by atoms with Crippen molar-refractivity contribution in [2.75, 3.05) is 0 Å². The number of rotatable bonds is 3. The third kappa shape index (κ3) is 3.27. The van der Waals surface area contributed by atoms with Crippen LogP contribution in [0.25, 0.3) is 38.2 Å². The summed E-state index contributed by atoms with van der Waals surface area (Å²) in [4.78, 5) is 24.3. The molecular formula is C27H19N3O2S. The zero-order valence-electron chi connectivity index (χ0n) is 18.1. The Bertz CT molecular complexity index is 1770. The van der Waals surface area contributed by atoms with Gasteiger partial charge in [0.2, 0.25) is 0 Å². The Morgan fingerprint density at radius 1 is 0.970 bits per heavy atom. The van der Waals surface area contributed by atoms with Crippen LogP contribution in [0.4, 0.5) is 5.69 Å². The van der Waals surface area contributed by atoms with Crippen molar-refractivity contribution in [2.45, 2.75) is 13.8 Å². The third-order valence-electron chi connectivity index (χ3n) is 5.91. The summed E-state index contributed by atoms with van der Waals surface area (Å²) in [5, 5.41) is 0.868. The lowest BCUT2D eigenvalue weighted by molar-refractivity contribution is 0.563. The number of benzene rings is 3. The van der Waals surface area contributed by atoms with E-state index in [4.69, 9.17) is 14.4 Å². The van der Waals surface area contributed by atoms with Crippen molar-refractivity contribution in [1.82, 2.24) is 9.38 Å². The predicted molar refractivity (Wildman–Crippen MR) is 135 cm³/mol. The van der Waals surface area contributed by atoms with Gasteiger partial charge in [-0.2, -0.15) is 0 Å². The van der Waals surface area contributed by atoms with Gasteiger partial charge in [0.15, 0.2) is 4.96 Å². The normalized spacial score (nSPS) is 11.9. The number of aryl methyl sites for hydroxylation is 2. The molecule has 33 heavy (non-hydrogen) atoms. The van der Waals surface area contributed by atoms with Crippen LogP contribution in [0.2, 0.25) is 0 Å². The molecule has 0 aliphatic carbocycles. The van der Waals surface area contributed by atoms with Crippen LogP contribution < -0.4 is 5.63 Å². The maximum Gasteiger partial charge on any atom is 0.345 e. The zero-order chi connectivity index (χ0) is 22.5. The van der Waals surface area contributed by atoms with E-state index >= 15 is 0 Å². The Morgan fingerprint density at radius 2 is 1.79 bits per heavy atom. The van der Waals surface area contributed by atoms with Gasteiger partial charge < -0.3 is 4.42 Å². The van der Waals surface area contributed by atoms with Crippen molar-refractivity contribution < 1.29 is 4.42 Å². The first-order valence-electron chi connectivity index (χ1n) is 10.6. The number of hydrogen-bond acceptors (Lipinski definition) is 5. The Labute approximate surface area is 193 Å². The van der Waals surface area contributed by atoms with Crippen LogP contribution in [-0.2, 0) is 0 Å². The van der Waals surface area contributed by atoms with Gasteiger partial charge in [0.05, 0.1) is 32.9 Å². The lowest BCUT2D eigenvalue weighted by Crippen LogP contribution is -2.05. The number of imidazole rings is 1. The fraction of sp³-hybridized carbons (Fsp3) is 0.0741. The van der Waals surface area contributed by atoms with Crippen molar-refractivity contribution in [1.29, 1.82) is 0 Å². The van der Waals surface area contributed by atoms with Crippen molar-refractivity contribution in [3.05, 3.63) is 99.2 Å². The van der Waals surface area contributed by atoms with E-state index in [1.165, 1.54) is 22.5 Å². The van der Waals surface area contributed by atoms with Crippen LogP contribution in [0, 0.1) is 13.8 Å². The Morgan fingerprint density at radius 3 is 2.67 bits per heavy atom. The molecule has 0 unspecified atom stereocenters. The molecule has 0 saturated carbocycles. The van der Waals surface area contributed by atoms with E-state index < -0.39 is 0 Å². The predicted octanol–water partition coefficient (Wildman–Crippen LogP) is 6.69. The first-order valence-corrected chi connectivity index (χ1v) is 11.4. The maximum atomic E-state index is 13.1. The summed E-state index contributed by atoms with van der Waals surface area (Å²) < 4.78 is 7.70. The molecule has 3 aromatic heterocycles. The van der Waals surface area contributed by atoms with E-state index in [0.717, 1.165) is 37.6 Å². The van der Waals surface area contributed by atoms with Crippen LogP contribution >= 0.6 is 11.3 Å². The molecule has 0 fully saturated rings. The lowest BCUT2D eigenvalue weighted by Gasteiger charge is -2.05. The summed E-state index contributed by atoms with van der Waals surface area (Å²) in [7, 11) is 0. The number of hydrogen-bond donors (Lipinski definition) is 0. The molecule has 0 aliphatic rings. The first-order chi connectivity index (χ1) is 16.1. The van der Waals surface area contributed by atoms with Gasteiger partial charge in [-0.1, -0.05) is 47.7 Å². The van der Waals surface area contributed by atoms with E-state index in [0.29, 0.717) is 11.1 Å². The molecule has 160 valence electrons. The van der Waals surface area contributed by atoms with Gasteiger partial charge >= 0.3 is 5.63 Å². The minimum Gasteiger partial charge on any atom is -0.422 e. The summed E-state index contributed by atoms with van der Waals surface area (Å²) in [6.07, 6.45) is 1.82. The number of para-hydroxylation sites is 3. The van der Waals surface area contributed by atoms with Crippen molar-refractivity contribution >= 4 is 50.2 Å². The lowest BCUT2D eigenvalue weighted by atomic mass is 10.1. The zero-order valence-corrected chi connectivity index (χ0v) is 18.9. The van der Waals surface area contributed by atoms with Crippen LogP contribution in [-0.4, -0.2) is 15.6 Å². The smallest absolute Gasteiger partial charge is 0.345 e. The van der Waals surface area contributed by atoms with Crippen molar-refractivity contribution in [3.8, 4) is 11.3 Å². The Kier molecular flexibility index (Phi) is 4.48. The topological polar surface area (TPSA) is 59.9 Å². The first kappa shape index (κ1) is 19.6. The minimum atomic E-state index is -0.382. The number of aliphatic imine (C=N–C) groups is 1. The second-order valence-electron chi connectivity index (χ2n) is 8.05. The number of nitrogens with zero attached hydrogens (tertiary/aromatic N) is 3. The average Bonchev–Trinajstić information content (AvgIpc) is 3.35. The van der Waals surface area contributed by atoms with Crippen molar-refractivity contribution in [3.63, 3.8) is 0 Å². The molecule has 0 saturated heterocycles. The van der Waals surface area contributed by atoms with Crippen LogP contribution in [0.15, 0.2) is 87.0 Å². The standard InChI is InChI=1S/C27H19N3O2S/c1-16-11-12-19(13-17(16)2)28-15-24-25(20-14-18-7-3-6-10-23(18)32-26(20)31)30-22-9-5-4-8-21(22)29-27(30)33-24/h3-15H,1-2H3. The maximum absolute atomic E-state index is 13.1. The van der Waals surface area contributed by atoms with Crippen molar-refractivity contribution in [2.24, 2.45) is 4.99 Å². The summed E-state index contributed by atoms with van der Waals surface area (Å²) in [5.41, 5.74) is 6.53. The molecule has 0 amide bonds. The van der Waals surface area contributed by atoms with E-state index in [9.17, 15) is 4.79 Å². The quantitative estimate of drug-likeness (QED) is 0.223. The highest BCUT2D eigenvalue weighted by atomic mass is 32.1. The molecule has 0 spiro atoms. The molecule has 0 N–H and O–H groups in total. The average molecular weight is 450 g/mol. The molecule has 0 bridgehead atoms. The molecular weight excluding hydrogens is 430 g/mol. The highest BCUT2D eigenvalue weighted by Crippen LogP contribution is 2.34. The summed E-state index contributed by atoms with van der Waals surface area (Å²) in [6, 6.07) is 23.5. The van der Waals surface area contributed by atoms with Gasteiger partial charge in [0, 0.05) is 11.6 Å². The highest BCUT2D eigenvalue weighted by Gasteiger charge is 2.21. The van der Waals surface area contributed by atoms with Gasteiger partial charge in [-0.3, -0.25) is 9.39 Å². The monoisotopic (exact) mass is 449 g/mol. The van der Waals surface area contributed by atoms with E-state index in [1.807, 2.05) is 65.2 Å². The molecule has 0 atom stereocenters. The molecule has 6 rings (SSSR count). The van der Waals surface area contributed by atoms with E-state index in [2.05, 4.69) is 26.0 Å². The fourth-order valence-electron chi connectivity index (χ4n) is 4.05. The summed E-state index contributed by atoms with van der Waals surface area (Å²) in [6.45, 7) is 4.16. The molecule has 0 radical (unpaired) electrons. The minimum absolute atomic E-state index is 0.382. The Balaban J connectivity index is 1.63. The van der Waals surface area contributed by atoms with E-state index in [-0.39, 0.29) is 5.63 Å². The van der Waals surface area contributed by atoms with Crippen LogP contribution in [0.1, 0.15) is 16.0 Å². The summed E-state index contributed by atoms with van der Waals surface area (Å²) >= 11 is 1.51. The number of thiazole rings is 1. The molecule has 6 aromatic rings. The highest BCUT2D eigenvalue weighted by molar-refractivity contribution is 7.19. The van der Waals surface area contributed by atoms with Gasteiger partial charge in [0.25, 0.3) is 0 Å². The second-order valence-corrected chi connectivity index (χ2v) is 9.05. The molecule has 3 aromatic carbocycles. The molecule has 3 heterocycles. The SMILES string of the molecule is Cc1ccc(N=Cc2sc3nc4ccccc4n3c2-c2cc3ccccc3oc2=O)cc1C. The second kappa shape index (κ2) is 7.53. The summed E-state index contributed by atoms with van der Waals surface area (Å²) in [5.74, 6) is 0. The largest absolute Gasteiger partial charge is 0.422 e. The van der Waals surface area contributed by atoms with E-state index in [1.54, 1.807) is 6.07 Å². The number of fused-ring (bicyclic) bond motifs is 4. The molecule has 5 nitrogen and oxygen atoms in total. The number of aromatic nitrogens is 2.